The molecule has 4 heteroatoms. The van der Waals surface area contributed by atoms with Crippen molar-refractivity contribution in [2.45, 2.75) is 12.5 Å². The lowest BCUT2D eigenvalue weighted by atomic mass is 10.0. The summed E-state index contributed by atoms with van der Waals surface area (Å²) in [5.41, 5.74) is 13.6. The molecule has 0 aliphatic rings. The molecule has 0 saturated heterocycles. The number of ether oxygens (including phenoxy) is 2. The molecule has 0 heterocycles. The van der Waals surface area contributed by atoms with E-state index in [0.717, 1.165) is 17.7 Å². The Morgan fingerprint density at radius 3 is 2.62 bits per heavy atom. The van der Waals surface area contributed by atoms with Crippen LogP contribution in [0.2, 0.25) is 0 Å². The molecule has 1 rings (SSSR count). The molecule has 4 nitrogen and oxygen atoms in total. The van der Waals surface area contributed by atoms with E-state index in [1.807, 2.05) is 18.2 Å². The van der Waals surface area contributed by atoms with Gasteiger partial charge in [-0.1, -0.05) is 12.1 Å². The van der Waals surface area contributed by atoms with Crippen molar-refractivity contribution in [3.05, 3.63) is 29.3 Å². The molecule has 0 aromatic heterocycles. The summed E-state index contributed by atoms with van der Waals surface area (Å²) in [6, 6.07) is 5.80. The largest absolute Gasteiger partial charge is 0.496 e. The highest BCUT2D eigenvalue weighted by Gasteiger charge is 2.11. The first kappa shape index (κ1) is 13.0. The highest BCUT2D eigenvalue weighted by atomic mass is 16.5. The van der Waals surface area contributed by atoms with E-state index in [1.54, 1.807) is 14.2 Å². The van der Waals surface area contributed by atoms with E-state index in [9.17, 15) is 0 Å². The zero-order chi connectivity index (χ0) is 12.0. The van der Waals surface area contributed by atoms with Crippen molar-refractivity contribution in [1.29, 1.82) is 0 Å². The standard InChI is InChI=1S/C12H20N2O2/c1-15-6-5-9-3-4-12(16-2)10(7-9)11(14)8-13/h3-4,7,11H,5-6,8,13-14H2,1-2H3. The van der Waals surface area contributed by atoms with Gasteiger partial charge < -0.3 is 20.9 Å². The Morgan fingerprint density at radius 1 is 1.31 bits per heavy atom. The van der Waals surface area contributed by atoms with Gasteiger partial charge in [-0.3, -0.25) is 0 Å². The van der Waals surface area contributed by atoms with Crippen LogP contribution in [0.5, 0.6) is 5.75 Å². The van der Waals surface area contributed by atoms with Crippen LogP contribution >= 0.6 is 0 Å². The first-order valence-corrected chi connectivity index (χ1v) is 5.34. The Balaban J connectivity index is 2.92. The average Bonchev–Trinajstić information content (AvgIpc) is 2.35. The third-order valence-corrected chi connectivity index (χ3v) is 2.54. The fraction of sp³-hybridized carbons (Fsp3) is 0.500. The Kier molecular flexibility index (Phi) is 5.25. The Morgan fingerprint density at radius 2 is 2.06 bits per heavy atom. The Labute approximate surface area is 96.5 Å². The van der Waals surface area contributed by atoms with Crippen LogP contribution in [0.1, 0.15) is 17.2 Å². The van der Waals surface area contributed by atoms with Crippen LogP contribution in [0.15, 0.2) is 18.2 Å². The molecule has 1 unspecified atom stereocenters. The highest BCUT2D eigenvalue weighted by Crippen LogP contribution is 2.24. The molecule has 0 saturated carbocycles. The zero-order valence-corrected chi connectivity index (χ0v) is 9.90. The Hall–Kier alpha value is -1.10. The third kappa shape index (κ3) is 3.20. The summed E-state index contributed by atoms with van der Waals surface area (Å²) in [6.07, 6.45) is 0.866. The first-order valence-electron chi connectivity index (χ1n) is 5.34. The van der Waals surface area contributed by atoms with Gasteiger partial charge in [-0.05, 0) is 18.1 Å². The molecule has 0 radical (unpaired) electrons. The quantitative estimate of drug-likeness (QED) is 0.751. The zero-order valence-electron chi connectivity index (χ0n) is 9.90. The number of hydrogen-bond donors (Lipinski definition) is 2. The number of benzene rings is 1. The number of hydrogen-bond acceptors (Lipinski definition) is 4. The second-order valence-electron chi connectivity index (χ2n) is 3.66. The van der Waals surface area contributed by atoms with Crippen LogP contribution < -0.4 is 16.2 Å². The van der Waals surface area contributed by atoms with Gasteiger partial charge in [0.15, 0.2) is 0 Å². The molecule has 4 N–H and O–H groups in total. The van der Waals surface area contributed by atoms with Crippen molar-refractivity contribution in [3.8, 4) is 5.75 Å². The minimum atomic E-state index is -0.183. The van der Waals surface area contributed by atoms with Gasteiger partial charge in [0.25, 0.3) is 0 Å². The summed E-state index contributed by atoms with van der Waals surface area (Å²) in [6.45, 7) is 1.10. The molecule has 0 bridgehead atoms. The van der Waals surface area contributed by atoms with Gasteiger partial charge in [0.1, 0.15) is 5.75 Å². The van der Waals surface area contributed by atoms with E-state index in [1.165, 1.54) is 5.56 Å². The van der Waals surface area contributed by atoms with E-state index in [4.69, 9.17) is 20.9 Å². The molecule has 0 fully saturated rings. The molecule has 0 aliphatic carbocycles. The maximum absolute atomic E-state index is 5.93. The van der Waals surface area contributed by atoms with E-state index >= 15 is 0 Å². The van der Waals surface area contributed by atoms with Gasteiger partial charge in [-0.2, -0.15) is 0 Å². The lowest BCUT2D eigenvalue weighted by Crippen LogP contribution is -2.21. The smallest absolute Gasteiger partial charge is 0.123 e. The van der Waals surface area contributed by atoms with Crippen molar-refractivity contribution < 1.29 is 9.47 Å². The SMILES string of the molecule is COCCc1ccc(OC)c(C(N)CN)c1. The highest BCUT2D eigenvalue weighted by molar-refractivity contribution is 5.39. The normalized spacial score (nSPS) is 12.5. The molecule has 1 aromatic carbocycles. The lowest BCUT2D eigenvalue weighted by Gasteiger charge is -2.15. The minimum Gasteiger partial charge on any atom is -0.496 e. The number of rotatable bonds is 6. The first-order chi connectivity index (χ1) is 7.72. The van der Waals surface area contributed by atoms with Gasteiger partial charge in [0.05, 0.1) is 13.7 Å². The molecule has 1 aromatic rings. The average molecular weight is 224 g/mol. The predicted molar refractivity (Wildman–Crippen MR) is 64.6 cm³/mol. The molecule has 90 valence electrons. The van der Waals surface area contributed by atoms with Crippen LogP contribution in [0.4, 0.5) is 0 Å². The maximum atomic E-state index is 5.93. The van der Waals surface area contributed by atoms with Crippen molar-refractivity contribution in [3.63, 3.8) is 0 Å². The van der Waals surface area contributed by atoms with Crippen LogP contribution in [-0.2, 0) is 11.2 Å². The fourth-order valence-corrected chi connectivity index (χ4v) is 1.58. The van der Waals surface area contributed by atoms with Crippen molar-refractivity contribution in [1.82, 2.24) is 0 Å². The van der Waals surface area contributed by atoms with Crippen molar-refractivity contribution >= 4 is 0 Å². The van der Waals surface area contributed by atoms with E-state index in [0.29, 0.717) is 13.2 Å². The van der Waals surface area contributed by atoms with Gasteiger partial charge in [-0.25, -0.2) is 0 Å². The summed E-state index contributed by atoms with van der Waals surface area (Å²) >= 11 is 0. The van der Waals surface area contributed by atoms with Crippen molar-refractivity contribution in [2.75, 3.05) is 27.4 Å². The van der Waals surface area contributed by atoms with E-state index in [2.05, 4.69) is 0 Å². The molecule has 0 aliphatic heterocycles. The molecular weight excluding hydrogens is 204 g/mol. The summed E-state index contributed by atoms with van der Waals surface area (Å²) in [5, 5.41) is 0. The van der Waals surface area contributed by atoms with Gasteiger partial charge >= 0.3 is 0 Å². The van der Waals surface area contributed by atoms with Crippen LogP contribution in [0.25, 0.3) is 0 Å². The van der Waals surface area contributed by atoms with E-state index in [-0.39, 0.29) is 6.04 Å². The molecule has 0 spiro atoms. The molecule has 1 atom stereocenters. The van der Waals surface area contributed by atoms with Crippen molar-refractivity contribution in [2.24, 2.45) is 11.5 Å². The molecular formula is C12H20N2O2. The molecule has 16 heavy (non-hydrogen) atoms. The summed E-state index contributed by atoms with van der Waals surface area (Å²) < 4.78 is 10.3. The summed E-state index contributed by atoms with van der Waals surface area (Å²) in [5.74, 6) is 0.791. The molecule has 0 amide bonds. The number of nitrogens with two attached hydrogens (primary N) is 2. The second kappa shape index (κ2) is 6.48. The van der Waals surface area contributed by atoms with Crippen LogP contribution in [-0.4, -0.2) is 27.4 Å². The van der Waals surface area contributed by atoms with E-state index < -0.39 is 0 Å². The van der Waals surface area contributed by atoms with Crippen LogP contribution in [0, 0.1) is 0 Å². The maximum Gasteiger partial charge on any atom is 0.123 e. The number of methoxy groups -OCH3 is 2. The van der Waals surface area contributed by atoms with Gasteiger partial charge in [0, 0.05) is 25.3 Å². The monoisotopic (exact) mass is 224 g/mol. The third-order valence-electron chi connectivity index (χ3n) is 2.54. The van der Waals surface area contributed by atoms with Gasteiger partial charge in [0.2, 0.25) is 0 Å². The Bertz CT molecular complexity index is 329. The lowest BCUT2D eigenvalue weighted by molar-refractivity contribution is 0.202. The summed E-state index contributed by atoms with van der Waals surface area (Å²) in [4.78, 5) is 0. The summed E-state index contributed by atoms with van der Waals surface area (Å²) in [7, 11) is 3.33. The second-order valence-corrected chi connectivity index (χ2v) is 3.66. The van der Waals surface area contributed by atoms with Crippen LogP contribution in [0.3, 0.4) is 0 Å². The topological polar surface area (TPSA) is 70.5 Å². The predicted octanol–water partition coefficient (Wildman–Crippen LogP) is 0.843. The fourth-order valence-electron chi connectivity index (χ4n) is 1.58. The minimum absolute atomic E-state index is 0.183. The van der Waals surface area contributed by atoms with Gasteiger partial charge in [-0.15, -0.1) is 0 Å².